The molecule has 2 rings (SSSR count). The number of pyridine rings is 1. The number of hydrogen-bond donors (Lipinski definition) is 1. The molecular formula is C15H22N4. The van der Waals surface area contributed by atoms with Crippen molar-refractivity contribution >= 4 is 5.69 Å². The van der Waals surface area contributed by atoms with Crippen molar-refractivity contribution in [1.29, 1.82) is 5.26 Å². The van der Waals surface area contributed by atoms with E-state index in [0.29, 0.717) is 5.92 Å². The van der Waals surface area contributed by atoms with Gasteiger partial charge in [0.2, 0.25) is 0 Å². The highest BCUT2D eigenvalue weighted by Crippen LogP contribution is 2.28. The maximum absolute atomic E-state index is 9.35. The fourth-order valence-electron chi connectivity index (χ4n) is 2.95. The van der Waals surface area contributed by atoms with Gasteiger partial charge >= 0.3 is 0 Å². The number of nitrogens with zero attached hydrogens (tertiary/aromatic N) is 3. The molecule has 1 aromatic heterocycles. The van der Waals surface area contributed by atoms with Crippen LogP contribution in [0, 0.1) is 31.1 Å². The summed E-state index contributed by atoms with van der Waals surface area (Å²) in [6.45, 7) is 6.68. The van der Waals surface area contributed by atoms with Crippen molar-refractivity contribution in [3.63, 3.8) is 0 Å². The van der Waals surface area contributed by atoms with Crippen LogP contribution in [0.4, 0.5) is 5.69 Å². The smallest absolute Gasteiger partial charge is 0.103 e. The zero-order valence-corrected chi connectivity index (χ0v) is 11.8. The quantitative estimate of drug-likeness (QED) is 0.902. The topological polar surface area (TPSA) is 65.9 Å². The van der Waals surface area contributed by atoms with Gasteiger partial charge in [-0.1, -0.05) is 0 Å². The number of hydrogen-bond acceptors (Lipinski definition) is 4. The standard InChI is InChI=1S/C15H22N4/c1-11-8-15(14(9-17)12(2)18-11)19-7-3-4-13(10-19)5-6-16/h8,13H,3-7,10,16H2,1-2H3. The summed E-state index contributed by atoms with van der Waals surface area (Å²) in [5, 5.41) is 9.35. The zero-order chi connectivity index (χ0) is 13.8. The van der Waals surface area contributed by atoms with Gasteiger partial charge in [0.15, 0.2) is 0 Å². The molecule has 0 amide bonds. The van der Waals surface area contributed by atoms with Crippen molar-refractivity contribution in [2.24, 2.45) is 11.7 Å². The first-order valence-corrected chi connectivity index (χ1v) is 6.99. The highest BCUT2D eigenvalue weighted by molar-refractivity contribution is 5.61. The highest BCUT2D eigenvalue weighted by Gasteiger charge is 2.22. The minimum atomic E-state index is 0.652. The van der Waals surface area contributed by atoms with E-state index in [0.717, 1.165) is 48.7 Å². The summed E-state index contributed by atoms with van der Waals surface area (Å²) in [7, 11) is 0. The van der Waals surface area contributed by atoms with Gasteiger partial charge in [0.05, 0.1) is 16.9 Å². The Morgan fingerprint density at radius 2 is 2.32 bits per heavy atom. The molecule has 2 N–H and O–H groups in total. The molecule has 19 heavy (non-hydrogen) atoms. The van der Waals surface area contributed by atoms with Gasteiger partial charge in [0.1, 0.15) is 6.07 Å². The maximum atomic E-state index is 9.35. The molecular weight excluding hydrogens is 236 g/mol. The summed E-state index contributed by atoms with van der Waals surface area (Å²) in [6.07, 6.45) is 3.50. The van der Waals surface area contributed by atoms with Crippen molar-refractivity contribution in [1.82, 2.24) is 4.98 Å². The molecule has 1 saturated heterocycles. The monoisotopic (exact) mass is 258 g/mol. The Hall–Kier alpha value is -1.60. The second-order valence-corrected chi connectivity index (χ2v) is 5.39. The fraction of sp³-hybridized carbons (Fsp3) is 0.600. The van der Waals surface area contributed by atoms with Crippen molar-refractivity contribution in [3.05, 3.63) is 23.0 Å². The molecule has 1 aromatic rings. The molecule has 0 saturated carbocycles. The number of anilines is 1. The molecule has 1 atom stereocenters. The highest BCUT2D eigenvalue weighted by atomic mass is 15.1. The Morgan fingerprint density at radius 3 is 3.00 bits per heavy atom. The third-order valence-corrected chi connectivity index (χ3v) is 3.85. The van der Waals surface area contributed by atoms with Crippen LogP contribution in [0.3, 0.4) is 0 Å². The van der Waals surface area contributed by atoms with Crippen LogP contribution in [0.1, 0.15) is 36.2 Å². The van der Waals surface area contributed by atoms with Crippen molar-refractivity contribution in [3.8, 4) is 6.07 Å². The molecule has 0 bridgehead atoms. The van der Waals surface area contributed by atoms with Gasteiger partial charge in [0, 0.05) is 18.8 Å². The average molecular weight is 258 g/mol. The summed E-state index contributed by atoms with van der Waals surface area (Å²) >= 11 is 0. The normalized spacial score (nSPS) is 19.3. The van der Waals surface area contributed by atoms with E-state index in [1.54, 1.807) is 0 Å². The first-order chi connectivity index (χ1) is 9.15. The Kier molecular flexibility index (Phi) is 4.39. The van der Waals surface area contributed by atoms with E-state index in [1.165, 1.54) is 12.8 Å². The molecule has 2 heterocycles. The van der Waals surface area contributed by atoms with Crippen molar-refractivity contribution in [2.45, 2.75) is 33.1 Å². The van der Waals surface area contributed by atoms with Crippen LogP contribution >= 0.6 is 0 Å². The van der Waals surface area contributed by atoms with Gasteiger partial charge in [-0.25, -0.2) is 0 Å². The largest absolute Gasteiger partial charge is 0.370 e. The molecule has 0 aliphatic carbocycles. The molecule has 4 nitrogen and oxygen atoms in total. The van der Waals surface area contributed by atoms with Crippen molar-refractivity contribution in [2.75, 3.05) is 24.5 Å². The lowest BCUT2D eigenvalue weighted by Gasteiger charge is -2.35. The molecule has 0 spiro atoms. The summed E-state index contributed by atoms with van der Waals surface area (Å²) < 4.78 is 0. The number of nitriles is 1. The van der Waals surface area contributed by atoms with Gasteiger partial charge in [0.25, 0.3) is 0 Å². The number of rotatable bonds is 3. The van der Waals surface area contributed by atoms with Crippen LogP contribution in [0.25, 0.3) is 0 Å². The van der Waals surface area contributed by atoms with Gasteiger partial charge < -0.3 is 10.6 Å². The average Bonchev–Trinajstić information content (AvgIpc) is 2.38. The number of aromatic nitrogens is 1. The Labute approximate surface area is 115 Å². The SMILES string of the molecule is Cc1cc(N2CCCC(CCN)C2)c(C#N)c(C)n1. The molecule has 4 heteroatoms. The van der Waals surface area contributed by atoms with Gasteiger partial charge in [-0.2, -0.15) is 5.26 Å². The van der Waals surface area contributed by atoms with Crippen LogP contribution in [-0.4, -0.2) is 24.6 Å². The second-order valence-electron chi connectivity index (χ2n) is 5.39. The molecule has 0 aromatic carbocycles. The van der Waals surface area contributed by atoms with Crippen LogP contribution in [-0.2, 0) is 0 Å². The summed E-state index contributed by atoms with van der Waals surface area (Å²) in [6, 6.07) is 4.34. The molecule has 102 valence electrons. The lowest BCUT2D eigenvalue weighted by Crippen LogP contribution is -2.36. The van der Waals surface area contributed by atoms with Gasteiger partial charge in [-0.3, -0.25) is 4.98 Å². The van der Waals surface area contributed by atoms with E-state index in [4.69, 9.17) is 5.73 Å². The molecule has 1 aliphatic heterocycles. The van der Waals surface area contributed by atoms with E-state index >= 15 is 0 Å². The third-order valence-electron chi connectivity index (χ3n) is 3.85. The minimum absolute atomic E-state index is 0.652. The van der Waals surface area contributed by atoms with E-state index in [1.807, 2.05) is 19.9 Å². The van der Waals surface area contributed by atoms with Gasteiger partial charge in [-0.15, -0.1) is 0 Å². The minimum Gasteiger partial charge on any atom is -0.370 e. The van der Waals surface area contributed by atoms with E-state index in [-0.39, 0.29) is 0 Å². The third kappa shape index (κ3) is 3.05. The second kappa shape index (κ2) is 6.03. The van der Waals surface area contributed by atoms with E-state index in [9.17, 15) is 5.26 Å². The van der Waals surface area contributed by atoms with Gasteiger partial charge in [-0.05, 0) is 51.6 Å². The van der Waals surface area contributed by atoms with Crippen LogP contribution in [0.2, 0.25) is 0 Å². The lowest BCUT2D eigenvalue weighted by atomic mass is 9.94. The van der Waals surface area contributed by atoms with Crippen LogP contribution < -0.4 is 10.6 Å². The summed E-state index contributed by atoms with van der Waals surface area (Å²) in [4.78, 5) is 6.72. The summed E-state index contributed by atoms with van der Waals surface area (Å²) in [5.74, 6) is 0.652. The maximum Gasteiger partial charge on any atom is 0.103 e. The molecule has 1 fully saturated rings. The first-order valence-electron chi connectivity index (χ1n) is 6.99. The van der Waals surface area contributed by atoms with E-state index < -0.39 is 0 Å². The number of aryl methyl sites for hydroxylation is 2. The first kappa shape index (κ1) is 13.8. The lowest BCUT2D eigenvalue weighted by molar-refractivity contribution is 0.396. The summed E-state index contributed by atoms with van der Waals surface area (Å²) in [5.41, 5.74) is 9.25. The predicted molar refractivity (Wildman–Crippen MR) is 77.0 cm³/mol. The fourth-order valence-corrected chi connectivity index (χ4v) is 2.95. The van der Waals surface area contributed by atoms with Crippen LogP contribution in [0.15, 0.2) is 6.07 Å². The number of nitrogens with two attached hydrogens (primary N) is 1. The molecule has 0 radical (unpaired) electrons. The van der Waals surface area contributed by atoms with Crippen molar-refractivity contribution < 1.29 is 0 Å². The molecule has 1 aliphatic rings. The Morgan fingerprint density at radius 1 is 1.53 bits per heavy atom. The van der Waals surface area contributed by atoms with E-state index in [2.05, 4.69) is 16.0 Å². The number of piperidine rings is 1. The Bertz CT molecular complexity index is 488. The zero-order valence-electron chi connectivity index (χ0n) is 11.8. The van der Waals surface area contributed by atoms with Crippen LogP contribution in [0.5, 0.6) is 0 Å². The molecule has 1 unspecified atom stereocenters. The Balaban J connectivity index is 2.28. The predicted octanol–water partition coefficient (Wildman–Crippen LogP) is 2.14.